The molecule has 0 aliphatic heterocycles. The number of allylic oxidation sites excluding steroid dienone is 2. The maximum atomic E-state index is 11.3. The number of carbonyl (C=O) groups is 1. The molecule has 2 atom stereocenters. The van der Waals surface area contributed by atoms with E-state index in [-0.39, 0.29) is 17.1 Å². The standard InChI is InChI=1S/C14H22O2/c1-9(11(3)15)8-12-10(2)13(16)6-7-14(12,4)5/h8,12-13,16H,2,6-7H2,1,3-5H3/b9-8+/t12-,13+/m1/s1. The Morgan fingerprint density at radius 1 is 1.50 bits per heavy atom. The fraction of sp³-hybridized carbons (Fsp3) is 0.643. The van der Waals surface area contributed by atoms with Crippen molar-refractivity contribution in [3.05, 3.63) is 23.8 Å². The highest BCUT2D eigenvalue weighted by molar-refractivity contribution is 5.92. The Balaban J connectivity index is 3.02. The largest absolute Gasteiger partial charge is 0.389 e. The molecule has 0 bridgehead atoms. The van der Waals surface area contributed by atoms with Gasteiger partial charge in [0.05, 0.1) is 6.10 Å². The lowest BCUT2D eigenvalue weighted by atomic mass is 9.65. The van der Waals surface area contributed by atoms with Crippen LogP contribution in [0.1, 0.15) is 40.5 Å². The predicted octanol–water partition coefficient (Wildman–Crippen LogP) is 2.88. The van der Waals surface area contributed by atoms with Crippen LogP contribution in [0.3, 0.4) is 0 Å². The van der Waals surface area contributed by atoms with E-state index in [2.05, 4.69) is 20.4 Å². The minimum Gasteiger partial charge on any atom is -0.389 e. The SMILES string of the molecule is C=C1[C@@H](/C=C(\C)C(C)=O)C(C)(C)CC[C@@H]1O. The molecule has 1 aliphatic carbocycles. The summed E-state index contributed by atoms with van der Waals surface area (Å²) < 4.78 is 0. The fourth-order valence-electron chi connectivity index (χ4n) is 2.26. The van der Waals surface area contributed by atoms with Crippen molar-refractivity contribution in [1.82, 2.24) is 0 Å². The van der Waals surface area contributed by atoms with E-state index in [0.717, 1.165) is 24.0 Å². The van der Waals surface area contributed by atoms with Crippen LogP contribution in [0.5, 0.6) is 0 Å². The minimum atomic E-state index is -0.422. The van der Waals surface area contributed by atoms with Crippen molar-refractivity contribution in [2.75, 3.05) is 0 Å². The lowest BCUT2D eigenvalue weighted by Gasteiger charge is -2.41. The molecular weight excluding hydrogens is 200 g/mol. The van der Waals surface area contributed by atoms with Crippen LogP contribution >= 0.6 is 0 Å². The third-order valence-corrected chi connectivity index (χ3v) is 3.70. The van der Waals surface area contributed by atoms with Gasteiger partial charge in [-0.05, 0) is 43.3 Å². The van der Waals surface area contributed by atoms with Crippen molar-refractivity contribution in [2.24, 2.45) is 11.3 Å². The predicted molar refractivity (Wildman–Crippen MR) is 66.1 cm³/mol. The summed E-state index contributed by atoms with van der Waals surface area (Å²) in [5, 5.41) is 9.82. The Kier molecular flexibility index (Phi) is 3.74. The second kappa shape index (κ2) is 4.54. The second-order valence-electron chi connectivity index (χ2n) is 5.50. The van der Waals surface area contributed by atoms with Crippen molar-refractivity contribution in [3.63, 3.8) is 0 Å². The van der Waals surface area contributed by atoms with Gasteiger partial charge in [0.15, 0.2) is 5.78 Å². The summed E-state index contributed by atoms with van der Waals surface area (Å²) in [6.07, 6.45) is 3.27. The molecule has 0 saturated heterocycles. The van der Waals surface area contributed by atoms with E-state index in [4.69, 9.17) is 0 Å². The topological polar surface area (TPSA) is 37.3 Å². The van der Waals surface area contributed by atoms with Crippen LogP contribution in [-0.2, 0) is 4.79 Å². The second-order valence-corrected chi connectivity index (χ2v) is 5.50. The van der Waals surface area contributed by atoms with E-state index in [1.807, 2.05) is 13.0 Å². The number of carbonyl (C=O) groups excluding carboxylic acids is 1. The molecule has 0 radical (unpaired) electrons. The van der Waals surface area contributed by atoms with E-state index in [0.29, 0.717) is 0 Å². The van der Waals surface area contributed by atoms with Crippen LogP contribution in [-0.4, -0.2) is 17.0 Å². The molecule has 2 nitrogen and oxygen atoms in total. The van der Waals surface area contributed by atoms with Gasteiger partial charge in [-0.3, -0.25) is 4.79 Å². The minimum absolute atomic E-state index is 0.0764. The van der Waals surface area contributed by atoms with Crippen LogP contribution in [0.2, 0.25) is 0 Å². The average molecular weight is 222 g/mol. The molecule has 1 saturated carbocycles. The maximum absolute atomic E-state index is 11.3. The van der Waals surface area contributed by atoms with Gasteiger partial charge in [-0.25, -0.2) is 0 Å². The van der Waals surface area contributed by atoms with Crippen LogP contribution in [0, 0.1) is 11.3 Å². The van der Waals surface area contributed by atoms with Gasteiger partial charge in [0, 0.05) is 5.92 Å². The molecule has 0 aromatic heterocycles. The van der Waals surface area contributed by atoms with Crippen LogP contribution in [0.25, 0.3) is 0 Å². The highest BCUT2D eigenvalue weighted by Crippen LogP contribution is 2.44. The average Bonchev–Trinajstić information content (AvgIpc) is 2.18. The zero-order chi connectivity index (χ0) is 12.5. The molecule has 1 fully saturated rings. The molecule has 1 N–H and O–H groups in total. The first kappa shape index (κ1) is 13.2. The summed E-state index contributed by atoms with van der Waals surface area (Å²) in [6, 6.07) is 0. The summed E-state index contributed by atoms with van der Waals surface area (Å²) in [4.78, 5) is 11.3. The molecule has 0 unspecified atom stereocenters. The fourth-order valence-corrected chi connectivity index (χ4v) is 2.26. The zero-order valence-corrected chi connectivity index (χ0v) is 10.7. The molecule has 1 aliphatic rings. The summed E-state index contributed by atoms with van der Waals surface area (Å²) in [5.41, 5.74) is 1.68. The van der Waals surface area contributed by atoms with Gasteiger partial charge in [-0.15, -0.1) is 0 Å². The Morgan fingerprint density at radius 2 is 2.06 bits per heavy atom. The third-order valence-electron chi connectivity index (χ3n) is 3.70. The number of aliphatic hydroxyl groups is 1. The van der Waals surface area contributed by atoms with Crippen molar-refractivity contribution in [3.8, 4) is 0 Å². The molecule has 0 spiro atoms. The number of hydrogen-bond acceptors (Lipinski definition) is 2. The van der Waals surface area contributed by atoms with Gasteiger partial charge >= 0.3 is 0 Å². The lowest BCUT2D eigenvalue weighted by Crippen LogP contribution is -2.35. The zero-order valence-electron chi connectivity index (χ0n) is 10.7. The summed E-state index contributed by atoms with van der Waals surface area (Å²) in [6.45, 7) is 11.7. The molecule has 0 heterocycles. The highest BCUT2D eigenvalue weighted by Gasteiger charge is 2.37. The smallest absolute Gasteiger partial charge is 0.155 e. The van der Waals surface area contributed by atoms with Crippen LogP contribution in [0.15, 0.2) is 23.8 Å². The van der Waals surface area contributed by atoms with Crippen molar-refractivity contribution >= 4 is 5.78 Å². The van der Waals surface area contributed by atoms with Gasteiger partial charge < -0.3 is 5.11 Å². The Labute approximate surface area is 98.1 Å². The number of ketones is 1. The van der Waals surface area contributed by atoms with E-state index in [1.165, 1.54) is 0 Å². The molecule has 0 amide bonds. The third kappa shape index (κ3) is 2.62. The first-order chi connectivity index (χ1) is 7.25. The normalized spacial score (nSPS) is 30.3. The number of hydrogen-bond donors (Lipinski definition) is 1. The Morgan fingerprint density at radius 3 is 2.56 bits per heavy atom. The van der Waals surface area contributed by atoms with E-state index in [1.54, 1.807) is 6.92 Å². The van der Waals surface area contributed by atoms with Gasteiger partial charge in [0.25, 0.3) is 0 Å². The van der Waals surface area contributed by atoms with Crippen molar-refractivity contribution < 1.29 is 9.90 Å². The molecule has 2 heteroatoms. The van der Waals surface area contributed by atoms with Gasteiger partial charge in [-0.1, -0.05) is 26.5 Å². The molecule has 90 valence electrons. The highest BCUT2D eigenvalue weighted by atomic mass is 16.3. The first-order valence-corrected chi connectivity index (χ1v) is 5.82. The molecule has 16 heavy (non-hydrogen) atoms. The van der Waals surface area contributed by atoms with Gasteiger partial charge in [-0.2, -0.15) is 0 Å². The maximum Gasteiger partial charge on any atom is 0.155 e. The summed E-state index contributed by atoms with van der Waals surface area (Å²) >= 11 is 0. The van der Waals surface area contributed by atoms with Crippen LogP contribution < -0.4 is 0 Å². The van der Waals surface area contributed by atoms with Crippen molar-refractivity contribution in [2.45, 2.75) is 46.6 Å². The van der Waals surface area contributed by atoms with E-state index >= 15 is 0 Å². The Bertz CT molecular complexity index is 337. The quantitative estimate of drug-likeness (QED) is 0.576. The van der Waals surface area contributed by atoms with Crippen LogP contribution in [0.4, 0.5) is 0 Å². The van der Waals surface area contributed by atoms with E-state index < -0.39 is 6.10 Å². The number of aliphatic hydroxyl groups excluding tert-OH is 1. The van der Waals surface area contributed by atoms with Gasteiger partial charge in [0.1, 0.15) is 0 Å². The van der Waals surface area contributed by atoms with Gasteiger partial charge in [0.2, 0.25) is 0 Å². The number of Topliss-reactive ketones (excluding diaryl/α,β-unsaturated/α-hetero) is 1. The monoisotopic (exact) mass is 222 g/mol. The number of rotatable bonds is 2. The Hall–Kier alpha value is -0.890. The first-order valence-electron chi connectivity index (χ1n) is 5.82. The lowest BCUT2D eigenvalue weighted by molar-refractivity contribution is -0.113. The molecule has 0 aromatic carbocycles. The molecule has 0 aromatic rings. The molecule has 1 rings (SSSR count). The van der Waals surface area contributed by atoms with Crippen molar-refractivity contribution in [1.29, 1.82) is 0 Å². The summed E-state index contributed by atoms with van der Waals surface area (Å²) in [7, 11) is 0. The summed E-state index contributed by atoms with van der Waals surface area (Å²) in [5.74, 6) is 0.184. The van der Waals surface area contributed by atoms with E-state index in [9.17, 15) is 9.90 Å². The molecular formula is C14H22O2.